The number of fused-ring (bicyclic) bond motifs is 1. The smallest absolute Gasteiger partial charge is 0.305 e. The molecular weight excluding hydrogens is 210 g/mol. The number of hydrogen-bond donors (Lipinski definition) is 1. The average molecular weight is 223 g/mol. The lowest BCUT2D eigenvalue weighted by molar-refractivity contribution is -0.136. The predicted octanol–water partition coefficient (Wildman–Crippen LogP) is 2.42. The quantitative estimate of drug-likeness (QED) is 0.854. The molecule has 1 aromatic carbocycles. The predicted molar refractivity (Wildman–Crippen MR) is 61.4 cm³/mol. The number of carbonyl (C=O) groups is 1. The fourth-order valence-corrected chi connectivity index (χ4v) is 2.93. The molecule has 1 atom stereocenters. The first-order valence-electron chi connectivity index (χ1n) is 4.92. The standard InChI is InChI=1S/C11H13NO2S/c1-8-12(7-6-11(13)14)9-4-2-3-5-10(9)15-8/h2-5,8H,6-7H2,1H3,(H,13,14). The van der Waals surface area contributed by atoms with Gasteiger partial charge >= 0.3 is 5.97 Å². The van der Waals surface area contributed by atoms with Crippen LogP contribution in [-0.4, -0.2) is 23.0 Å². The molecule has 1 N–H and O–H groups in total. The third kappa shape index (κ3) is 2.09. The Labute approximate surface area is 93.1 Å². The monoisotopic (exact) mass is 223 g/mol. The van der Waals surface area contributed by atoms with Crippen molar-refractivity contribution < 1.29 is 9.90 Å². The van der Waals surface area contributed by atoms with Gasteiger partial charge in [-0.15, -0.1) is 0 Å². The summed E-state index contributed by atoms with van der Waals surface area (Å²) in [5.74, 6) is -0.739. The van der Waals surface area contributed by atoms with Gasteiger partial charge in [-0.25, -0.2) is 0 Å². The third-order valence-electron chi connectivity index (χ3n) is 2.48. The number of carboxylic acid groups (broad SMARTS) is 1. The van der Waals surface area contributed by atoms with Crippen LogP contribution < -0.4 is 4.90 Å². The Hall–Kier alpha value is -1.16. The fourth-order valence-electron chi connectivity index (χ4n) is 1.76. The van der Waals surface area contributed by atoms with E-state index in [9.17, 15) is 4.79 Å². The molecule has 0 spiro atoms. The summed E-state index contributed by atoms with van der Waals surface area (Å²) in [6.07, 6.45) is 0.194. The number of benzene rings is 1. The van der Waals surface area contributed by atoms with Gasteiger partial charge in [-0.1, -0.05) is 23.9 Å². The van der Waals surface area contributed by atoms with E-state index in [0.717, 1.165) is 5.69 Å². The number of rotatable bonds is 3. The van der Waals surface area contributed by atoms with E-state index in [1.165, 1.54) is 4.90 Å². The van der Waals surface area contributed by atoms with Crippen LogP contribution in [0.15, 0.2) is 29.2 Å². The maximum absolute atomic E-state index is 10.5. The van der Waals surface area contributed by atoms with E-state index in [1.54, 1.807) is 11.8 Å². The molecule has 0 aliphatic carbocycles. The first-order chi connectivity index (χ1) is 7.18. The van der Waals surface area contributed by atoms with E-state index in [-0.39, 0.29) is 6.42 Å². The van der Waals surface area contributed by atoms with Crippen LogP contribution in [-0.2, 0) is 4.79 Å². The van der Waals surface area contributed by atoms with Crippen LogP contribution in [0.5, 0.6) is 0 Å². The van der Waals surface area contributed by atoms with Crippen molar-refractivity contribution in [1.29, 1.82) is 0 Å². The van der Waals surface area contributed by atoms with E-state index < -0.39 is 5.97 Å². The lowest BCUT2D eigenvalue weighted by atomic mass is 10.2. The second kappa shape index (κ2) is 4.14. The van der Waals surface area contributed by atoms with Crippen LogP contribution in [0.4, 0.5) is 5.69 Å². The molecule has 1 aliphatic heterocycles. The SMILES string of the molecule is CC1Sc2ccccc2N1CCC(=O)O. The first kappa shape index (κ1) is 10.4. The van der Waals surface area contributed by atoms with Crippen molar-refractivity contribution in [3.05, 3.63) is 24.3 Å². The molecule has 80 valence electrons. The van der Waals surface area contributed by atoms with Crippen LogP contribution in [0.3, 0.4) is 0 Å². The summed E-state index contributed by atoms with van der Waals surface area (Å²) in [5, 5.41) is 9.01. The normalized spacial score (nSPS) is 19.0. The van der Waals surface area contributed by atoms with Crippen LogP contribution in [0.1, 0.15) is 13.3 Å². The van der Waals surface area contributed by atoms with Crippen molar-refractivity contribution in [2.24, 2.45) is 0 Å². The molecule has 0 fully saturated rings. The second-order valence-electron chi connectivity index (χ2n) is 3.52. The first-order valence-corrected chi connectivity index (χ1v) is 5.80. The largest absolute Gasteiger partial charge is 0.481 e. The third-order valence-corrected chi connectivity index (χ3v) is 3.67. The highest BCUT2D eigenvalue weighted by atomic mass is 32.2. The molecule has 4 heteroatoms. The highest BCUT2D eigenvalue weighted by Gasteiger charge is 2.26. The summed E-state index contributed by atoms with van der Waals surface area (Å²) < 4.78 is 0. The van der Waals surface area contributed by atoms with Gasteiger partial charge in [0.15, 0.2) is 0 Å². The van der Waals surface area contributed by atoms with Gasteiger partial charge in [0.1, 0.15) is 0 Å². The molecule has 1 aromatic rings. The van der Waals surface area contributed by atoms with Crippen LogP contribution in [0.2, 0.25) is 0 Å². The van der Waals surface area contributed by atoms with Gasteiger partial charge in [0, 0.05) is 11.4 Å². The van der Waals surface area contributed by atoms with E-state index in [0.29, 0.717) is 11.9 Å². The van der Waals surface area contributed by atoms with Gasteiger partial charge in [0.2, 0.25) is 0 Å². The van der Waals surface area contributed by atoms with Crippen molar-refractivity contribution in [1.82, 2.24) is 0 Å². The molecule has 3 nitrogen and oxygen atoms in total. The van der Waals surface area contributed by atoms with Crippen LogP contribution >= 0.6 is 11.8 Å². The number of para-hydroxylation sites is 1. The fraction of sp³-hybridized carbons (Fsp3) is 0.364. The van der Waals surface area contributed by atoms with Crippen LogP contribution in [0, 0.1) is 0 Å². The van der Waals surface area contributed by atoms with Gasteiger partial charge < -0.3 is 10.0 Å². The van der Waals surface area contributed by atoms with Crippen LogP contribution in [0.25, 0.3) is 0 Å². The zero-order valence-corrected chi connectivity index (χ0v) is 9.33. The maximum Gasteiger partial charge on any atom is 0.305 e. The maximum atomic E-state index is 10.5. The Morgan fingerprint density at radius 1 is 1.53 bits per heavy atom. The highest BCUT2D eigenvalue weighted by molar-refractivity contribution is 8.00. The number of thioether (sulfide) groups is 1. The summed E-state index contributed by atoms with van der Waals surface area (Å²) in [7, 11) is 0. The molecule has 0 amide bonds. The number of carboxylic acids is 1. The molecular formula is C11H13NO2S. The molecule has 0 bridgehead atoms. The van der Waals surface area contributed by atoms with Crippen molar-refractivity contribution in [3.63, 3.8) is 0 Å². The zero-order valence-electron chi connectivity index (χ0n) is 8.51. The summed E-state index contributed by atoms with van der Waals surface area (Å²) in [5.41, 5.74) is 1.16. The molecule has 0 saturated carbocycles. The van der Waals surface area contributed by atoms with E-state index in [4.69, 9.17) is 5.11 Å². The number of anilines is 1. The Balaban J connectivity index is 2.15. The van der Waals surface area contributed by atoms with Gasteiger partial charge in [0.05, 0.1) is 17.5 Å². The Kier molecular flexibility index (Phi) is 2.86. The lowest BCUT2D eigenvalue weighted by Gasteiger charge is -2.22. The van der Waals surface area contributed by atoms with E-state index in [1.807, 2.05) is 18.2 Å². The number of hydrogen-bond acceptors (Lipinski definition) is 3. The summed E-state index contributed by atoms with van der Waals surface area (Å²) >= 11 is 1.78. The Morgan fingerprint density at radius 2 is 2.27 bits per heavy atom. The summed E-state index contributed by atoms with van der Waals surface area (Å²) in [6.45, 7) is 2.69. The number of aliphatic carboxylic acids is 1. The molecule has 0 saturated heterocycles. The van der Waals surface area contributed by atoms with Gasteiger partial charge in [-0.2, -0.15) is 0 Å². The minimum Gasteiger partial charge on any atom is -0.481 e. The van der Waals surface area contributed by atoms with E-state index >= 15 is 0 Å². The molecule has 0 radical (unpaired) electrons. The average Bonchev–Trinajstić information content (AvgIpc) is 2.50. The van der Waals surface area contributed by atoms with Crippen molar-refractivity contribution in [2.45, 2.75) is 23.6 Å². The minimum absolute atomic E-state index is 0.194. The van der Waals surface area contributed by atoms with Gasteiger partial charge in [-0.05, 0) is 19.1 Å². The zero-order chi connectivity index (χ0) is 10.8. The molecule has 1 unspecified atom stereocenters. The van der Waals surface area contributed by atoms with Gasteiger partial charge in [-0.3, -0.25) is 4.79 Å². The van der Waals surface area contributed by atoms with Crippen molar-refractivity contribution in [3.8, 4) is 0 Å². The molecule has 1 aliphatic rings. The molecule has 15 heavy (non-hydrogen) atoms. The highest BCUT2D eigenvalue weighted by Crippen LogP contribution is 2.42. The van der Waals surface area contributed by atoms with Crippen molar-refractivity contribution in [2.75, 3.05) is 11.4 Å². The summed E-state index contributed by atoms with van der Waals surface area (Å²) in [6, 6.07) is 8.13. The second-order valence-corrected chi connectivity index (χ2v) is 4.88. The Morgan fingerprint density at radius 3 is 3.00 bits per heavy atom. The number of nitrogens with zero attached hydrogens (tertiary/aromatic N) is 1. The van der Waals surface area contributed by atoms with E-state index in [2.05, 4.69) is 17.9 Å². The lowest BCUT2D eigenvalue weighted by Crippen LogP contribution is -2.29. The summed E-state index contributed by atoms with van der Waals surface area (Å²) in [4.78, 5) is 13.9. The minimum atomic E-state index is -0.739. The molecule has 1 heterocycles. The topological polar surface area (TPSA) is 40.5 Å². The van der Waals surface area contributed by atoms with Gasteiger partial charge in [0.25, 0.3) is 0 Å². The van der Waals surface area contributed by atoms with Crippen molar-refractivity contribution >= 4 is 23.4 Å². The molecule has 2 rings (SSSR count). The molecule has 0 aromatic heterocycles. The Bertz CT molecular complexity index is 381.